The fraction of sp³-hybridized carbons (Fsp3) is 0.545. The van der Waals surface area contributed by atoms with Crippen molar-refractivity contribution in [3.63, 3.8) is 0 Å². The zero-order valence-electron chi connectivity index (χ0n) is 10.5. The number of methoxy groups -OCH3 is 1. The number of aromatic amines is 1. The largest absolute Gasteiger partial charge is 0.480 e. The molecule has 2 amide bonds. The molecule has 1 aliphatic heterocycles. The molecule has 1 aliphatic rings. The third-order valence-corrected chi connectivity index (χ3v) is 3.14. The smallest absolute Gasteiger partial charge is 0.326 e. The fourth-order valence-corrected chi connectivity index (χ4v) is 2.08. The summed E-state index contributed by atoms with van der Waals surface area (Å²) >= 11 is 0. The number of rotatable bonds is 4. The van der Waals surface area contributed by atoms with Gasteiger partial charge in [0.25, 0.3) is 0 Å². The maximum atomic E-state index is 12.0. The van der Waals surface area contributed by atoms with Gasteiger partial charge in [-0.2, -0.15) is 5.10 Å². The van der Waals surface area contributed by atoms with Crippen LogP contribution in [0.5, 0.6) is 0 Å². The van der Waals surface area contributed by atoms with E-state index < -0.39 is 18.0 Å². The lowest BCUT2D eigenvalue weighted by Gasteiger charge is -2.21. The standard InChI is InChI=1S/C11H16N4O4/c1-19-8-2-9(10(16)17)15(6-8)11(18)12-3-7-4-13-14-5-7/h4-5,8-9H,2-3,6H2,1H3,(H,12,18)(H,13,14)(H,16,17). The van der Waals surface area contributed by atoms with Crippen LogP contribution in [0.15, 0.2) is 12.4 Å². The van der Waals surface area contributed by atoms with Crippen LogP contribution in [0.2, 0.25) is 0 Å². The SMILES string of the molecule is COC1CC(C(=O)O)N(C(=O)NCc2cn[nH]c2)C1. The van der Waals surface area contributed by atoms with Crippen molar-refractivity contribution in [2.24, 2.45) is 0 Å². The van der Waals surface area contributed by atoms with Gasteiger partial charge in [-0.25, -0.2) is 9.59 Å². The number of ether oxygens (including phenoxy) is 1. The third-order valence-electron chi connectivity index (χ3n) is 3.14. The summed E-state index contributed by atoms with van der Waals surface area (Å²) in [5, 5.41) is 18.2. The zero-order valence-corrected chi connectivity index (χ0v) is 10.5. The predicted molar refractivity (Wildman–Crippen MR) is 64.4 cm³/mol. The van der Waals surface area contributed by atoms with Gasteiger partial charge in [0, 0.05) is 38.4 Å². The maximum absolute atomic E-state index is 12.0. The van der Waals surface area contributed by atoms with Crippen LogP contribution in [0.25, 0.3) is 0 Å². The monoisotopic (exact) mass is 268 g/mol. The highest BCUT2D eigenvalue weighted by molar-refractivity contribution is 5.83. The Balaban J connectivity index is 1.94. The molecule has 2 rings (SSSR count). The van der Waals surface area contributed by atoms with E-state index in [4.69, 9.17) is 9.84 Å². The molecule has 0 radical (unpaired) electrons. The van der Waals surface area contributed by atoms with Crippen molar-refractivity contribution < 1.29 is 19.4 Å². The summed E-state index contributed by atoms with van der Waals surface area (Å²) in [6.45, 7) is 0.584. The van der Waals surface area contributed by atoms with E-state index in [0.717, 1.165) is 5.56 Å². The molecule has 1 aromatic rings. The van der Waals surface area contributed by atoms with Gasteiger partial charge in [-0.15, -0.1) is 0 Å². The van der Waals surface area contributed by atoms with E-state index in [0.29, 0.717) is 13.0 Å². The second kappa shape index (κ2) is 5.70. The van der Waals surface area contributed by atoms with E-state index in [-0.39, 0.29) is 12.6 Å². The van der Waals surface area contributed by atoms with Crippen LogP contribution < -0.4 is 5.32 Å². The molecule has 0 saturated carbocycles. The highest BCUT2D eigenvalue weighted by Crippen LogP contribution is 2.20. The van der Waals surface area contributed by atoms with Gasteiger partial charge >= 0.3 is 12.0 Å². The molecule has 0 aromatic carbocycles. The summed E-state index contributed by atoms with van der Waals surface area (Å²) in [7, 11) is 1.51. The average Bonchev–Trinajstić information content (AvgIpc) is 3.04. The number of carbonyl (C=O) groups is 2. The number of carbonyl (C=O) groups excluding carboxylic acids is 1. The zero-order chi connectivity index (χ0) is 13.8. The van der Waals surface area contributed by atoms with Gasteiger partial charge in [0.05, 0.1) is 12.3 Å². The molecular weight excluding hydrogens is 252 g/mol. The van der Waals surface area contributed by atoms with Gasteiger partial charge < -0.3 is 20.1 Å². The summed E-state index contributed by atoms with van der Waals surface area (Å²) in [6.07, 6.45) is 3.33. The fourth-order valence-electron chi connectivity index (χ4n) is 2.08. The minimum absolute atomic E-state index is 0.235. The van der Waals surface area contributed by atoms with E-state index in [1.54, 1.807) is 12.4 Å². The van der Waals surface area contributed by atoms with Crippen molar-refractivity contribution in [1.29, 1.82) is 0 Å². The predicted octanol–water partition coefficient (Wildman–Crippen LogP) is -0.207. The number of nitrogens with one attached hydrogen (secondary N) is 2. The summed E-state index contributed by atoms with van der Waals surface area (Å²) in [5.74, 6) is -1.02. The van der Waals surface area contributed by atoms with Gasteiger partial charge in [0.2, 0.25) is 0 Å². The van der Waals surface area contributed by atoms with Crippen molar-refractivity contribution >= 4 is 12.0 Å². The number of urea groups is 1. The Morgan fingerprint density at radius 1 is 1.68 bits per heavy atom. The molecule has 2 unspecified atom stereocenters. The summed E-state index contributed by atoms with van der Waals surface area (Å²) in [6, 6.07) is -1.25. The van der Waals surface area contributed by atoms with Crippen LogP contribution in [0, 0.1) is 0 Å². The van der Waals surface area contributed by atoms with E-state index in [1.165, 1.54) is 12.0 Å². The van der Waals surface area contributed by atoms with Gasteiger partial charge in [-0.1, -0.05) is 0 Å². The molecule has 0 aliphatic carbocycles. The van der Waals surface area contributed by atoms with Crippen molar-refractivity contribution in [3.8, 4) is 0 Å². The minimum Gasteiger partial charge on any atom is -0.480 e. The number of nitrogens with zero attached hydrogens (tertiary/aromatic N) is 2. The molecule has 19 heavy (non-hydrogen) atoms. The number of H-pyrrole nitrogens is 1. The molecule has 8 nitrogen and oxygen atoms in total. The van der Waals surface area contributed by atoms with Crippen LogP contribution in [0.3, 0.4) is 0 Å². The molecule has 0 spiro atoms. The molecule has 2 heterocycles. The summed E-state index contributed by atoms with van der Waals surface area (Å²) in [4.78, 5) is 24.4. The van der Waals surface area contributed by atoms with Gasteiger partial charge in [-0.05, 0) is 0 Å². The number of carboxylic acid groups (broad SMARTS) is 1. The van der Waals surface area contributed by atoms with Crippen LogP contribution in [-0.4, -0.2) is 58.0 Å². The molecule has 3 N–H and O–H groups in total. The number of amides is 2. The number of aromatic nitrogens is 2. The van der Waals surface area contributed by atoms with Crippen LogP contribution in [-0.2, 0) is 16.1 Å². The quantitative estimate of drug-likeness (QED) is 0.700. The highest BCUT2D eigenvalue weighted by Gasteiger charge is 2.39. The molecular formula is C11H16N4O4. The van der Waals surface area contributed by atoms with E-state index in [1.807, 2.05) is 0 Å². The Bertz CT molecular complexity index is 448. The topological polar surface area (TPSA) is 108 Å². The molecule has 0 bridgehead atoms. The lowest BCUT2D eigenvalue weighted by Crippen LogP contribution is -2.45. The molecule has 8 heteroatoms. The van der Waals surface area contributed by atoms with Crippen LogP contribution in [0.4, 0.5) is 4.79 Å². The van der Waals surface area contributed by atoms with Crippen LogP contribution >= 0.6 is 0 Å². The first-order valence-electron chi connectivity index (χ1n) is 5.89. The van der Waals surface area contributed by atoms with Crippen molar-refractivity contribution in [2.75, 3.05) is 13.7 Å². The number of aliphatic carboxylic acids is 1. The number of likely N-dealkylation sites (tertiary alicyclic amines) is 1. The number of carboxylic acids is 1. The van der Waals surface area contributed by atoms with Gasteiger partial charge in [-0.3, -0.25) is 5.10 Å². The molecule has 1 saturated heterocycles. The minimum atomic E-state index is -1.02. The first-order chi connectivity index (χ1) is 9.11. The molecule has 1 fully saturated rings. The normalized spacial score (nSPS) is 22.5. The van der Waals surface area contributed by atoms with E-state index in [9.17, 15) is 9.59 Å². The number of hydrogen-bond donors (Lipinski definition) is 3. The Labute approximate surface area is 109 Å². The number of hydrogen-bond acceptors (Lipinski definition) is 4. The Morgan fingerprint density at radius 3 is 3.05 bits per heavy atom. The highest BCUT2D eigenvalue weighted by atomic mass is 16.5. The Morgan fingerprint density at radius 2 is 2.47 bits per heavy atom. The Hall–Kier alpha value is -2.09. The van der Waals surface area contributed by atoms with Crippen molar-refractivity contribution in [3.05, 3.63) is 18.0 Å². The lowest BCUT2D eigenvalue weighted by atomic mass is 10.2. The maximum Gasteiger partial charge on any atom is 0.326 e. The first-order valence-corrected chi connectivity index (χ1v) is 5.89. The van der Waals surface area contributed by atoms with E-state index in [2.05, 4.69) is 15.5 Å². The van der Waals surface area contributed by atoms with Gasteiger partial charge in [0.15, 0.2) is 0 Å². The second-order valence-electron chi connectivity index (χ2n) is 4.37. The molecule has 2 atom stereocenters. The molecule has 1 aromatic heterocycles. The summed E-state index contributed by atoms with van der Waals surface area (Å²) < 4.78 is 5.12. The summed E-state index contributed by atoms with van der Waals surface area (Å²) in [5.41, 5.74) is 0.822. The van der Waals surface area contributed by atoms with Crippen molar-refractivity contribution in [1.82, 2.24) is 20.4 Å². The van der Waals surface area contributed by atoms with Crippen LogP contribution in [0.1, 0.15) is 12.0 Å². The van der Waals surface area contributed by atoms with Crippen molar-refractivity contribution in [2.45, 2.75) is 25.1 Å². The Kier molecular flexibility index (Phi) is 4.00. The van der Waals surface area contributed by atoms with E-state index >= 15 is 0 Å². The first kappa shape index (κ1) is 13.3. The third kappa shape index (κ3) is 3.02. The second-order valence-corrected chi connectivity index (χ2v) is 4.37. The van der Waals surface area contributed by atoms with Gasteiger partial charge in [0.1, 0.15) is 6.04 Å². The molecule has 104 valence electrons. The lowest BCUT2D eigenvalue weighted by molar-refractivity contribution is -0.141. The average molecular weight is 268 g/mol.